The van der Waals surface area contributed by atoms with E-state index in [9.17, 15) is 8.42 Å². The lowest BCUT2D eigenvalue weighted by molar-refractivity contribution is 0.0276. The molecular weight excluding hydrogens is 248 g/mol. The Morgan fingerprint density at radius 2 is 2.19 bits per heavy atom. The monoisotopic (exact) mass is 264 g/mol. The van der Waals surface area contributed by atoms with Crippen LogP contribution < -0.4 is 10.5 Å². The van der Waals surface area contributed by atoms with Crippen molar-refractivity contribution in [3.63, 3.8) is 0 Å². The van der Waals surface area contributed by atoms with Crippen LogP contribution in [-0.4, -0.2) is 27.7 Å². The summed E-state index contributed by atoms with van der Waals surface area (Å²) in [6.07, 6.45) is 0. The van der Waals surface area contributed by atoms with Crippen LogP contribution in [0.25, 0.3) is 0 Å². The zero-order valence-corrected chi connectivity index (χ0v) is 11.1. The molecule has 0 amide bonds. The molecule has 0 radical (unpaired) electrons. The van der Waals surface area contributed by atoms with Gasteiger partial charge < -0.3 is 10.5 Å². The summed E-state index contributed by atoms with van der Waals surface area (Å²) < 4.78 is 31.4. The molecule has 0 saturated carbocycles. The lowest BCUT2D eigenvalue weighted by Gasteiger charge is -2.22. The predicted molar refractivity (Wildman–Crippen MR) is 65.0 cm³/mol. The molecule has 0 aliphatic carbocycles. The van der Waals surface area contributed by atoms with E-state index in [1.807, 2.05) is 0 Å². The number of thiophene rings is 1. The maximum Gasteiger partial charge on any atom is 0.250 e. The van der Waals surface area contributed by atoms with E-state index in [2.05, 4.69) is 4.72 Å². The molecule has 1 rings (SSSR count). The molecule has 0 saturated heterocycles. The molecule has 16 heavy (non-hydrogen) atoms. The molecular formula is C9H16N2O3S2. The van der Waals surface area contributed by atoms with Crippen LogP contribution in [-0.2, 0) is 14.8 Å². The van der Waals surface area contributed by atoms with E-state index in [4.69, 9.17) is 10.5 Å². The van der Waals surface area contributed by atoms with Crippen molar-refractivity contribution in [3.8, 4) is 0 Å². The Hall–Kier alpha value is -0.630. The highest BCUT2D eigenvalue weighted by molar-refractivity contribution is 7.91. The van der Waals surface area contributed by atoms with Gasteiger partial charge in [-0.25, -0.2) is 13.1 Å². The quantitative estimate of drug-likeness (QED) is 0.832. The molecule has 3 N–H and O–H groups in total. The molecule has 0 aliphatic heterocycles. The summed E-state index contributed by atoms with van der Waals surface area (Å²) >= 11 is 1.10. The first-order valence-electron chi connectivity index (χ1n) is 4.66. The third kappa shape index (κ3) is 3.44. The van der Waals surface area contributed by atoms with Crippen molar-refractivity contribution in [1.29, 1.82) is 0 Å². The van der Waals surface area contributed by atoms with Gasteiger partial charge in [0, 0.05) is 24.7 Å². The average Bonchev–Trinajstić information content (AvgIpc) is 2.63. The van der Waals surface area contributed by atoms with Gasteiger partial charge in [-0.3, -0.25) is 0 Å². The molecule has 0 spiro atoms. The van der Waals surface area contributed by atoms with Crippen molar-refractivity contribution in [2.75, 3.05) is 19.4 Å². The second kappa shape index (κ2) is 4.70. The van der Waals surface area contributed by atoms with E-state index in [1.54, 1.807) is 19.2 Å². The van der Waals surface area contributed by atoms with Crippen LogP contribution in [0.4, 0.5) is 5.69 Å². The summed E-state index contributed by atoms with van der Waals surface area (Å²) in [6.45, 7) is 3.82. The van der Waals surface area contributed by atoms with Crippen LogP contribution in [0.15, 0.2) is 15.7 Å². The summed E-state index contributed by atoms with van der Waals surface area (Å²) in [5, 5.41) is 1.59. The number of anilines is 1. The molecule has 5 nitrogen and oxygen atoms in total. The zero-order chi connectivity index (χ0) is 12.4. The van der Waals surface area contributed by atoms with Gasteiger partial charge in [-0.1, -0.05) is 0 Å². The van der Waals surface area contributed by atoms with E-state index >= 15 is 0 Å². The van der Waals surface area contributed by atoms with Gasteiger partial charge in [-0.05, 0) is 19.9 Å². The summed E-state index contributed by atoms with van der Waals surface area (Å²) in [5.41, 5.74) is 5.40. The smallest absolute Gasteiger partial charge is 0.250 e. The fraction of sp³-hybridized carbons (Fsp3) is 0.556. The van der Waals surface area contributed by atoms with Gasteiger partial charge in [-0.15, -0.1) is 11.3 Å². The minimum atomic E-state index is -3.47. The first-order chi connectivity index (χ1) is 7.27. The normalized spacial score (nSPS) is 12.9. The van der Waals surface area contributed by atoms with Crippen LogP contribution in [0, 0.1) is 0 Å². The number of nitrogens with one attached hydrogen (secondary N) is 1. The number of sulfonamides is 1. The zero-order valence-electron chi connectivity index (χ0n) is 9.48. The Kier molecular flexibility index (Phi) is 3.95. The fourth-order valence-corrected chi connectivity index (χ4v) is 3.21. The van der Waals surface area contributed by atoms with Crippen molar-refractivity contribution in [1.82, 2.24) is 4.72 Å². The van der Waals surface area contributed by atoms with Crippen LogP contribution in [0.5, 0.6) is 0 Å². The Bertz CT molecular complexity index is 451. The van der Waals surface area contributed by atoms with Gasteiger partial charge in [0.25, 0.3) is 0 Å². The maximum atomic E-state index is 11.8. The van der Waals surface area contributed by atoms with Crippen molar-refractivity contribution in [3.05, 3.63) is 11.4 Å². The van der Waals surface area contributed by atoms with Crippen LogP contribution >= 0.6 is 11.3 Å². The molecule has 0 atom stereocenters. The summed E-state index contributed by atoms with van der Waals surface area (Å²) in [7, 11) is -1.94. The number of nitrogen functional groups attached to an aromatic ring is 1. The van der Waals surface area contributed by atoms with Gasteiger partial charge >= 0.3 is 0 Å². The molecule has 0 aromatic carbocycles. The van der Waals surface area contributed by atoms with Gasteiger partial charge in [-0.2, -0.15) is 0 Å². The number of hydrogen-bond donors (Lipinski definition) is 2. The first-order valence-corrected chi connectivity index (χ1v) is 7.02. The SMILES string of the molecule is COC(C)(C)CNS(=O)(=O)c1cc(N)cs1. The Morgan fingerprint density at radius 3 is 2.62 bits per heavy atom. The second-order valence-corrected chi connectivity index (χ2v) is 6.89. The molecule has 1 heterocycles. The minimum Gasteiger partial charge on any atom is -0.398 e. The van der Waals surface area contributed by atoms with Gasteiger partial charge in [0.2, 0.25) is 10.0 Å². The predicted octanol–water partition coefficient (Wildman–Crippen LogP) is 1.03. The molecule has 0 aliphatic rings. The van der Waals surface area contributed by atoms with Crippen molar-refractivity contribution >= 4 is 27.0 Å². The van der Waals surface area contributed by atoms with E-state index in [0.717, 1.165) is 11.3 Å². The molecule has 92 valence electrons. The Balaban J connectivity index is 2.74. The molecule has 1 aromatic heterocycles. The van der Waals surface area contributed by atoms with Crippen LogP contribution in [0.1, 0.15) is 13.8 Å². The standard InChI is InChI=1S/C9H16N2O3S2/c1-9(2,14-3)6-11-16(12,13)8-4-7(10)5-15-8/h4-5,11H,6,10H2,1-3H3. The van der Waals surface area contributed by atoms with Crippen molar-refractivity contribution in [2.45, 2.75) is 23.7 Å². The lowest BCUT2D eigenvalue weighted by Crippen LogP contribution is -2.39. The third-order valence-electron chi connectivity index (χ3n) is 2.10. The lowest BCUT2D eigenvalue weighted by atomic mass is 10.1. The number of hydrogen-bond acceptors (Lipinski definition) is 5. The molecule has 0 bridgehead atoms. The van der Waals surface area contributed by atoms with Gasteiger partial charge in [0.15, 0.2) is 0 Å². The van der Waals surface area contributed by atoms with Crippen molar-refractivity contribution in [2.24, 2.45) is 0 Å². The highest BCUT2D eigenvalue weighted by atomic mass is 32.2. The number of ether oxygens (including phenoxy) is 1. The van der Waals surface area contributed by atoms with E-state index in [1.165, 1.54) is 13.2 Å². The van der Waals surface area contributed by atoms with E-state index in [-0.39, 0.29) is 10.8 Å². The summed E-state index contributed by atoms with van der Waals surface area (Å²) in [6, 6.07) is 1.44. The highest BCUT2D eigenvalue weighted by Crippen LogP contribution is 2.21. The molecule has 1 aromatic rings. The number of rotatable bonds is 5. The largest absolute Gasteiger partial charge is 0.398 e. The number of nitrogens with two attached hydrogens (primary N) is 1. The molecule has 0 fully saturated rings. The average molecular weight is 264 g/mol. The van der Waals surface area contributed by atoms with Gasteiger partial charge in [0.05, 0.1) is 5.60 Å². The van der Waals surface area contributed by atoms with Gasteiger partial charge in [0.1, 0.15) is 4.21 Å². The van der Waals surface area contributed by atoms with Crippen LogP contribution in [0.2, 0.25) is 0 Å². The van der Waals surface area contributed by atoms with E-state index < -0.39 is 15.6 Å². The Labute approximate surface area is 99.7 Å². The van der Waals surface area contributed by atoms with E-state index in [0.29, 0.717) is 5.69 Å². The summed E-state index contributed by atoms with van der Waals surface area (Å²) in [5.74, 6) is 0. The van der Waals surface area contributed by atoms with Crippen LogP contribution in [0.3, 0.4) is 0 Å². The summed E-state index contributed by atoms with van der Waals surface area (Å²) in [4.78, 5) is 0. The number of methoxy groups -OCH3 is 1. The van der Waals surface area contributed by atoms with Crippen molar-refractivity contribution < 1.29 is 13.2 Å². The maximum absolute atomic E-state index is 11.8. The second-order valence-electron chi connectivity index (χ2n) is 3.99. The third-order valence-corrected chi connectivity index (χ3v) is 4.96. The minimum absolute atomic E-state index is 0.212. The topological polar surface area (TPSA) is 81.4 Å². The first kappa shape index (κ1) is 13.4. The fourth-order valence-electron chi connectivity index (χ4n) is 0.883. The highest BCUT2D eigenvalue weighted by Gasteiger charge is 2.22. The molecule has 0 unspecified atom stereocenters. The Morgan fingerprint density at radius 1 is 1.56 bits per heavy atom. The molecule has 7 heteroatoms.